The third-order valence-corrected chi connectivity index (χ3v) is 5.71. The van der Waals surface area contributed by atoms with Gasteiger partial charge in [0.1, 0.15) is 5.60 Å². The number of ether oxygens (including phenoxy) is 3. The van der Waals surface area contributed by atoms with Crippen LogP contribution in [-0.4, -0.2) is 60.9 Å². The molecule has 136 valence electrons. The highest BCUT2D eigenvalue weighted by atomic mass is 16.5. The number of aromatic nitrogens is 1. The first-order valence-electron chi connectivity index (χ1n) is 9.24. The van der Waals surface area contributed by atoms with Crippen molar-refractivity contribution >= 4 is 5.91 Å². The SMILES string of the molecule is O=C(C1CCOCC1)N1CC2(C1)OCC[C@H]2COCc1cccnc1. The van der Waals surface area contributed by atoms with E-state index in [1.165, 1.54) is 0 Å². The summed E-state index contributed by atoms with van der Waals surface area (Å²) in [5.74, 6) is 0.773. The molecule has 4 heterocycles. The molecule has 0 aliphatic carbocycles. The lowest BCUT2D eigenvalue weighted by Crippen LogP contribution is -2.67. The third kappa shape index (κ3) is 3.57. The van der Waals surface area contributed by atoms with Gasteiger partial charge in [0.25, 0.3) is 0 Å². The van der Waals surface area contributed by atoms with Crippen LogP contribution >= 0.6 is 0 Å². The molecule has 3 aliphatic rings. The topological polar surface area (TPSA) is 60.9 Å². The van der Waals surface area contributed by atoms with Crippen molar-refractivity contribution in [3.63, 3.8) is 0 Å². The van der Waals surface area contributed by atoms with Gasteiger partial charge in [-0.1, -0.05) is 6.07 Å². The van der Waals surface area contributed by atoms with Gasteiger partial charge in [-0.15, -0.1) is 0 Å². The monoisotopic (exact) mass is 346 g/mol. The van der Waals surface area contributed by atoms with Crippen LogP contribution in [0.3, 0.4) is 0 Å². The van der Waals surface area contributed by atoms with E-state index < -0.39 is 0 Å². The molecule has 0 unspecified atom stereocenters. The van der Waals surface area contributed by atoms with E-state index in [2.05, 4.69) is 4.98 Å². The molecule has 0 saturated carbocycles. The van der Waals surface area contributed by atoms with Crippen LogP contribution in [0.1, 0.15) is 24.8 Å². The summed E-state index contributed by atoms with van der Waals surface area (Å²) in [6.45, 7) is 4.85. The lowest BCUT2D eigenvalue weighted by Gasteiger charge is -2.51. The number of hydrogen-bond donors (Lipinski definition) is 0. The Morgan fingerprint density at radius 3 is 2.88 bits per heavy atom. The Labute approximate surface area is 148 Å². The van der Waals surface area contributed by atoms with Gasteiger partial charge in [-0.25, -0.2) is 0 Å². The maximum absolute atomic E-state index is 12.6. The lowest BCUT2D eigenvalue weighted by molar-refractivity contribution is -0.174. The highest BCUT2D eigenvalue weighted by Crippen LogP contribution is 2.41. The molecule has 3 saturated heterocycles. The van der Waals surface area contributed by atoms with Gasteiger partial charge in [0, 0.05) is 44.1 Å². The zero-order valence-corrected chi connectivity index (χ0v) is 14.6. The zero-order chi connectivity index (χ0) is 17.1. The van der Waals surface area contributed by atoms with Crippen molar-refractivity contribution < 1.29 is 19.0 Å². The van der Waals surface area contributed by atoms with Crippen LogP contribution < -0.4 is 0 Å². The molecule has 1 aromatic heterocycles. The molecule has 1 amide bonds. The predicted octanol–water partition coefficient (Wildman–Crippen LogP) is 1.64. The molecule has 1 spiro atoms. The number of amides is 1. The Bertz CT molecular complexity index is 582. The zero-order valence-electron chi connectivity index (χ0n) is 14.6. The van der Waals surface area contributed by atoms with Crippen molar-refractivity contribution in [2.24, 2.45) is 11.8 Å². The molecular weight excluding hydrogens is 320 g/mol. The number of carbonyl (C=O) groups is 1. The molecular formula is C19H26N2O4. The van der Waals surface area contributed by atoms with Crippen LogP contribution in [0.2, 0.25) is 0 Å². The maximum Gasteiger partial charge on any atom is 0.226 e. The van der Waals surface area contributed by atoms with Gasteiger partial charge in [-0.05, 0) is 30.9 Å². The fourth-order valence-electron chi connectivity index (χ4n) is 4.13. The number of rotatable bonds is 5. The van der Waals surface area contributed by atoms with Crippen molar-refractivity contribution in [3.05, 3.63) is 30.1 Å². The van der Waals surface area contributed by atoms with Crippen LogP contribution in [0.4, 0.5) is 0 Å². The van der Waals surface area contributed by atoms with Crippen LogP contribution in [0.25, 0.3) is 0 Å². The van der Waals surface area contributed by atoms with Crippen molar-refractivity contribution in [3.8, 4) is 0 Å². The molecule has 25 heavy (non-hydrogen) atoms. The van der Waals surface area contributed by atoms with Gasteiger partial charge < -0.3 is 19.1 Å². The van der Waals surface area contributed by atoms with Crippen molar-refractivity contribution in [2.75, 3.05) is 39.5 Å². The number of carbonyl (C=O) groups excluding carboxylic acids is 1. The normalized spacial score (nSPS) is 25.9. The molecule has 1 aromatic rings. The smallest absolute Gasteiger partial charge is 0.226 e. The fourth-order valence-corrected chi connectivity index (χ4v) is 4.13. The minimum Gasteiger partial charge on any atom is -0.381 e. The number of hydrogen-bond acceptors (Lipinski definition) is 5. The number of likely N-dealkylation sites (tertiary alicyclic amines) is 1. The quantitative estimate of drug-likeness (QED) is 0.811. The first-order valence-corrected chi connectivity index (χ1v) is 9.24. The second-order valence-corrected chi connectivity index (χ2v) is 7.36. The Morgan fingerprint density at radius 2 is 2.12 bits per heavy atom. The highest BCUT2D eigenvalue weighted by Gasteiger charge is 2.55. The molecule has 0 radical (unpaired) electrons. The molecule has 0 N–H and O–H groups in total. The van der Waals surface area contributed by atoms with E-state index in [4.69, 9.17) is 14.2 Å². The molecule has 4 rings (SSSR count). The molecule has 0 bridgehead atoms. The minimum atomic E-state index is -0.185. The van der Waals surface area contributed by atoms with Gasteiger partial charge in [0.15, 0.2) is 0 Å². The van der Waals surface area contributed by atoms with E-state index in [1.807, 2.05) is 23.2 Å². The van der Waals surface area contributed by atoms with E-state index in [1.54, 1.807) is 6.20 Å². The number of nitrogens with zero attached hydrogens (tertiary/aromatic N) is 2. The molecule has 1 atom stereocenters. The van der Waals surface area contributed by atoms with E-state index in [9.17, 15) is 4.79 Å². The summed E-state index contributed by atoms with van der Waals surface area (Å²) in [7, 11) is 0. The van der Waals surface area contributed by atoms with Crippen LogP contribution in [-0.2, 0) is 25.6 Å². The minimum absolute atomic E-state index is 0.132. The van der Waals surface area contributed by atoms with Gasteiger partial charge in [0.2, 0.25) is 5.91 Å². The average Bonchev–Trinajstić information content (AvgIpc) is 3.05. The molecule has 6 heteroatoms. The highest BCUT2D eigenvalue weighted by molar-refractivity contribution is 5.80. The van der Waals surface area contributed by atoms with Crippen molar-refractivity contribution in [1.82, 2.24) is 9.88 Å². The summed E-state index contributed by atoms with van der Waals surface area (Å²) in [5, 5.41) is 0. The lowest BCUT2D eigenvalue weighted by atomic mass is 9.80. The van der Waals surface area contributed by atoms with E-state index in [0.29, 0.717) is 45.4 Å². The van der Waals surface area contributed by atoms with Crippen LogP contribution in [0.15, 0.2) is 24.5 Å². The van der Waals surface area contributed by atoms with E-state index >= 15 is 0 Å². The molecule has 0 aromatic carbocycles. The molecule has 3 fully saturated rings. The van der Waals surface area contributed by atoms with Gasteiger partial charge in [-0.3, -0.25) is 9.78 Å². The first kappa shape index (κ1) is 16.9. The van der Waals surface area contributed by atoms with Crippen LogP contribution in [0, 0.1) is 11.8 Å². The van der Waals surface area contributed by atoms with Gasteiger partial charge >= 0.3 is 0 Å². The predicted molar refractivity (Wildman–Crippen MR) is 90.8 cm³/mol. The maximum atomic E-state index is 12.6. The Hall–Kier alpha value is -1.50. The Kier molecular flexibility index (Phi) is 5.01. The van der Waals surface area contributed by atoms with Gasteiger partial charge in [-0.2, -0.15) is 0 Å². The summed E-state index contributed by atoms with van der Waals surface area (Å²) in [6.07, 6.45) is 6.30. The summed E-state index contributed by atoms with van der Waals surface area (Å²) < 4.78 is 17.3. The second kappa shape index (κ2) is 7.40. The van der Waals surface area contributed by atoms with Gasteiger partial charge in [0.05, 0.1) is 26.3 Å². The molecule has 3 aliphatic heterocycles. The number of pyridine rings is 1. The third-order valence-electron chi connectivity index (χ3n) is 5.71. The Balaban J connectivity index is 1.26. The largest absolute Gasteiger partial charge is 0.381 e. The average molecular weight is 346 g/mol. The summed E-state index contributed by atoms with van der Waals surface area (Å²) in [4.78, 5) is 18.7. The van der Waals surface area contributed by atoms with E-state index in [-0.39, 0.29) is 17.4 Å². The second-order valence-electron chi connectivity index (χ2n) is 7.36. The van der Waals surface area contributed by atoms with Crippen molar-refractivity contribution in [2.45, 2.75) is 31.5 Å². The van der Waals surface area contributed by atoms with E-state index in [0.717, 1.165) is 31.4 Å². The van der Waals surface area contributed by atoms with Crippen LogP contribution in [0.5, 0.6) is 0 Å². The standard InChI is InChI=1S/C19H26N2O4/c22-18(16-3-7-23-8-4-16)21-13-19(14-21)17(5-9-25-19)12-24-11-15-2-1-6-20-10-15/h1-2,6,10,16-17H,3-5,7-9,11-14H2/t17-/m0/s1. The summed E-state index contributed by atoms with van der Waals surface area (Å²) in [6, 6.07) is 3.94. The first-order chi connectivity index (χ1) is 12.3. The summed E-state index contributed by atoms with van der Waals surface area (Å²) in [5.41, 5.74) is 0.899. The van der Waals surface area contributed by atoms with Crippen molar-refractivity contribution in [1.29, 1.82) is 0 Å². The summed E-state index contributed by atoms with van der Waals surface area (Å²) >= 11 is 0. The Morgan fingerprint density at radius 1 is 1.28 bits per heavy atom. The molecule has 6 nitrogen and oxygen atoms in total. The fraction of sp³-hybridized carbons (Fsp3) is 0.684.